The summed E-state index contributed by atoms with van der Waals surface area (Å²) in [6.07, 6.45) is 8.04. The highest BCUT2D eigenvalue weighted by Gasteiger charge is 2.71. The Bertz CT molecular complexity index is 459. The van der Waals surface area contributed by atoms with Crippen molar-refractivity contribution in [1.29, 1.82) is 0 Å². The number of carboxylic acid groups (broad SMARTS) is 1. The van der Waals surface area contributed by atoms with Crippen LogP contribution in [0.5, 0.6) is 0 Å². The van der Waals surface area contributed by atoms with Crippen molar-refractivity contribution in [2.45, 2.75) is 82.2 Å². The molecule has 0 bridgehead atoms. The monoisotopic (exact) mass is 280 g/mol. The summed E-state index contributed by atoms with van der Waals surface area (Å²) in [7, 11) is 0. The van der Waals surface area contributed by atoms with Gasteiger partial charge in [0.05, 0.1) is 29.3 Å². The molecule has 0 spiro atoms. The molecule has 1 N–H and O–H groups in total. The van der Waals surface area contributed by atoms with E-state index in [-0.39, 0.29) is 28.6 Å². The van der Waals surface area contributed by atoms with Gasteiger partial charge in [-0.15, -0.1) is 0 Å². The van der Waals surface area contributed by atoms with E-state index in [9.17, 15) is 9.90 Å². The molecule has 4 aliphatic rings. The quantitative estimate of drug-likeness (QED) is 0.807. The van der Waals surface area contributed by atoms with Crippen LogP contribution in [0.2, 0.25) is 0 Å². The largest absolute Gasteiger partial charge is 0.481 e. The average Bonchev–Trinajstić information content (AvgIpc) is 3.20. The van der Waals surface area contributed by atoms with Crippen LogP contribution in [0.15, 0.2) is 0 Å². The van der Waals surface area contributed by atoms with Crippen molar-refractivity contribution in [3.05, 3.63) is 0 Å². The zero-order chi connectivity index (χ0) is 14.2. The lowest BCUT2D eigenvalue weighted by atomic mass is 9.63. The Kier molecular flexibility index (Phi) is 2.47. The second-order valence-electron chi connectivity index (χ2n) is 8.06. The maximum Gasteiger partial charge on any atom is 0.307 e. The lowest BCUT2D eigenvalue weighted by Gasteiger charge is -2.38. The number of hydrogen-bond donors (Lipinski definition) is 1. The molecule has 20 heavy (non-hydrogen) atoms. The Labute approximate surface area is 119 Å². The molecule has 4 heteroatoms. The number of hydrogen-bond acceptors (Lipinski definition) is 3. The first-order chi connectivity index (χ1) is 9.37. The van der Waals surface area contributed by atoms with E-state index in [1.165, 1.54) is 19.3 Å². The molecule has 2 aliphatic carbocycles. The van der Waals surface area contributed by atoms with Crippen LogP contribution in [0.3, 0.4) is 0 Å². The second-order valence-corrected chi connectivity index (χ2v) is 8.06. The molecular weight excluding hydrogens is 256 g/mol. The van der Waals surface area contributed by atoms with Crippen molar-refractivity contribution in [2.75, 3.05) is 0 Å². The van der Waals surface area contributed by atoms with Gasteiger partial charge in [0.1, 0.15) is 0 Å². The Hall–Kier alpha value is -0.610. The van der Waals surface area contributed by atoms with E-state index in [1.807, 2.05) is 0 Å². The fourth-order valence-corrected chi connectivity index (χ4v) is 5.04. The maximum atomic E-state index is 11.4. The molecule has 5 unspecified atom stereocenters. The van der Waals surface area contributed by atoms with Gasteiger partial charge < -0.3 is 14.6 Å². The molecular formula is C16H24O4. The van der Waals surface area contributed by atoms with Crippen LogP contribution in [0.4, 0.5) is 0 Å². The van der Waals surface area contributed by atoms with Crippen LogP contribution in [0.1, 0.15) is 58.8 Å². The Morgan fingerprint density at radius 1 is 1.20 bits per heavy atom. The number of epoxide rings is 2. The summed E-state index contributed by atoms with van der Waals surface area (Å²) >= 11 is 0. The molecule has 4 nitrogen and oxygen atoms in total. The third kappa shape index (κ3) is 1.77. The number of carboxylic acids is 1. The first-order valence-corrected chi connectivity index (χ1v) is 7.95. The summed E-state index contributed by atoms with van der Waals surface area (Å²) in [4.78, 5) is 11.4. The van der Waals surface area contributed by atoms with Gasteiger partial charge in [0, 0.05) is 6.42 Å². The lowest BCUT2D eigenvalue weighted by Crippen LogP contribution is -2.43. The van der Waals surface area contributed by atoms with Crippen LogP contribution in [-0.2, 0) is 14.3 Å². The average molecular weight is 280 g/mol. The standard InChI is InChI=1S/C16H24O4/c1-14(2)8-16(12(20-16)7-10(14)13(17)18)9-15-6-4-3-5-11(15)19-15/h10-12H,3-9H2,1-2H3,(H,17,18). The zero-order valence-electron chi connectivity index (χ0n) is 12.4. The Morgan fingerprint density at radius 3 is 2.65 bits per heavy atom. The highest BCUT2D eigenvalue weighted by atomic mass is 16.6. The number of fused-ring (bicyclic) bond motifs is 2. The van der Waals surface area contributed by atoms with Gasteiger partial charge in [-0.1, -0.05) is 26.7 Å². The van der Waals surface area contributed by atoms with E-state index >= 15 is 0 Å². The van der Waals surface area contributed by atoms with E-state index < -0.39 is 5.97 Å². The molecule has 0 aromatic carbocycles. The van der Waals surface area contributed by atoms with Crippen LogP contribution < -0.4 is 0 Å². The second kappa shape index (κ2) is 3.77. The van der Waals surface area contributed by atoms with E-state index in [0.29, 0.717) is 12.5 Å². The van der Waals surface area contributed by atoms with Crippen molar-refractivity contribution in [2.24, 2.45) is 11.3 Å². The molecule has 2 aliphatic heterocycles. The lowest BCUT2D eigenvalue weighted by molar-refractivity contribution is -0.147. The summed E-state index contributed by atoms with van der Waals surface area (Å²) in [6, 6.07) is 0. The molecule has 5 atom stereocenters. The van der Waals surface area contributed by atoms with Gasteiger partial charge in [-0.25, -0.2) is 0 Å². The normalized spacial score (nSPS) is 51.8. The molecule has 2 heterocycles. The number of carbonyl (C=O) groups is 1. The third-order valence-corrected chi connectivity index (χ3v) is 6.17. The molecule has 112 valence electrons. The van der Waals surface area contributed by atoms with Gasteiger partial charge in [0.15, 0.2) is 0 Å². The van der Waals surface area contributed by atoms with Crippen molar-refractivity contribution in [3.63, 3.8) is 0 Å². The van der Waals surface area contributed by atoms with Gasteiger partial charge in [0.2, 0.25) is 0 Å². The van der Waals surface area contributed by atoms with E-state index in [0.717, 1.165) is 19.3 Å². The van der Waals surface area contributed by atoms with E-state index in [2.05, 4.69) is 13.8 Å². The molecule has 2 saturated carbocycles. The molecule has 0 aromatic rings. The Balaban J connectivity index is 1.50. The van der Waals surface area contributed by atoms with Crippen molar-refractivity contribution in [1.82, 2.24) is 0 Å². The van der Waals surface area contributed by atoms with Crippen molar-refractivity contribution in [3.8, 4) is 0 Å². The van der Waals surface area contributed by atoms with Gasteiger partial charge in [0.25, 0.3) is 0 Å². The Morgan fingerprint density at radius 2 is 1.95 bits per heavy atom. The zero-order valence-corrected chi connectivity index (χ0v) is 12.4. The van der Waals surface area contributed by atoms with Gasteiger partial charge >= 0.3 is 5.97 Å². The number of ether oxygens (including phenoxy) is 2. The van der Waals surface area contributed by atoms with Crippen LogP contribution in [-0.4, -0.2) is 34.5 Å². The van der Waals surface area contributed by atoms with Crippen molar-refractivity contribution >= 4 is 5.97 Å². The summed E-state index contributed by atoms with van der Waals surface area (Å²) in [5.41, 5.74) is -0.185. The van der Waals surface area contributed by atoms with Gasteiger partial charge in [-0.2, -0.15) is 0 Å². The summed E-state index contributed by atoms with van der Waals surface area (Å²) < 4.78 is 12.0. The van der Waals surface area contributed by atoms with Crippen molar-refractivity contribution < 1.29 is 19.4 Å². The highest BCUT2D eigenvalue weighted by molar-refractivity contribution is 5.71. The summed E-state index contributed by atoms with van der Waals surface area (Å²) in [5.74, 6) is -0.946. The molecule has 0 aromatic heterocycles. The summed E-state index contributed by atoms with van der Waals surface area (Å²) in [6.45, 7) is 4.16. The smallest absolute Gasteiger partial charge is 0.307 e. The fraction of sp³-hybridized carbons (Fsp3) is 0.938. The minimum absolute atomic E-state index is 0.0818. The van der Waals surface area contributed by atoms with Gasteiger partial charge in [-0.3, -0.25) is 4.79 Å². The van der Waals surface area contributed by atoms with Crippen LogP contribution in [0, 0.1) is 11.3 Å². The first kappa shape index (κ1) is 13.1. The summed E-state index contributed by atoms with van der Waals surface area (Å²) in [5, 5.41) is 9.39. The van der Waals surface area contributed by atoms with Gasteiger partial charge in [-0.05, 0) is 31.1 Å². The van der Waals surface area contributed by atoms with E-state index in [1.54, 1.807) is 0 Å². The predicted octanol–water partition coefficient (Wildman–Crippen LogP) is 2.75. The molecule has 0 radical (unpaired) electrons. The molecule has 4 rings (SSSR count). The number of rotatable bonds is 3. The number of aliphatic carboxylic acids is 1. The first-order valence-electron chi connectivity index (χ1n) is 7.95. The predicted molar refractivity (Wildman–Crippen MR) is 72.4 cm³/mol. The van der Waals surface area contributed by atoms with Crippen LogP contribution in [0.25, 0.3) is 0 Å². The van der Waals surface area contributed by atoms with Crippen LogP contribution >= 0.6 is 0 Å². The molecule has 4 fully saturated rings. The maximum absolute atomic E-state index is 11.4. The SMILES string of the molecule is CC1(C)CC2(CC34CCCCC3O4)OC2CC1C(=O)O. The highest BCUT2D eigenvalue weighted by Crippen LogP contribution is 2.64. The van der Waals surface area contributed by atoms with E-state index in [4.69, 9.17) is 9.47 Å². The molecule has 0 amide bonds. The fourth-order valence-electron chi connectivity index (χ4n) is 5.04. The minimum atomic E-state index is -0.671. The third-order valence-electron chi connectivity index (χ3n) is 6.17. The minimum Gasteiger partial charge on any atom is -0.481 e. The molecule has 2 saturated heterocycles. The topological polar surface area (TPSA) is 62.4 Å².